The van der Waals surface area contributed by atoms with Crippen LogP contribution >= 0.6 is 0 Å². The molecule has 1 heterocycles. The lowest BCUT2D eigenvalue weighted by Crippen LogP contribution is -2.26. The topological polar surface area (TPSA) is 98.0 Å². The first-order valence-corrected chi connectivity index (χ1v) is 9.31. The Hall–Kier alpha value is -3.48. The van der Waals surface area contributed by atoms with Gasteiger partial charge >= 0.3 is 5.97 Å². The van der Waals surface area contributed by atoms with Gasteiger partial charge in [0.2, 0.25) is 0 Å². The Morgan fingerprint density at radius 1 is 1.14 bits per heavy atom. The second-order valence-electron chi connectivity index (χ2n) is 6.56. The third-order valence-corrected chi connectivity index (χ3v) is 4.48. The van der Waals surface area contributed by atoms with E-state index in [0.29, 0.717) is 23.7 Å². The molecule has 0 aliphatic rings. The normalized spacial score (nSPS) is 11.8. The number of furan rings is 1. The second-order valence-corrected chi connectivity index (χ2v) is 6.56. The van der Waals surface area contributed by atoms with Crippen molar-refractivity contribution in [1.82, 2.24) is 5.32 Å². The molecule has 3 aromatic rings. The van der Waals surface area contributed by atoms with Gasteiger partial charge in [-0.3, -0.25) is 4.79 Å². The van der Waals surface area contributed by atoms with Crippen molar-refractivity contribution >= 4 is 22.8 Å². The van der Waals surface area contributed by atoms with Crippen molar-refractivity contribution in [2.75, 3.05) is 13.2 Å². The highest BCUT2D eigenvalue weighted by Gasteiger charge is 2.20. The molecule has 1 aromatic heterocycles. The minimum Gasteiger partial charge on any atom is -0.490 e. The number of amides is 1. The molecule has 0 unspecified atom stereocenters. The fraction of sp³-hybridized carbons (Fsp3) is 0.273. The number of benzene rings is 2. The molecule has 1 amide bonds. The summed E-state index contributed by atoms with van der Waals surface area (Å²) in [6.07, 6.45) is 0. The standard InChI is InChI=1S/C22H23NO6/c1-4-27-19-11-15(9-10-18(19)28-12-20(24)25)22(26)23-14(3)21-13(2)16-7-5-6-8-17(16)29-21/h5-11,14H,4,12H2,1-3H3,(H,23,26)(H,24,25)/t14-/m0/s1. The molecule has 152 valence electrons. The van der Waals surface area contributed by atoms with E-state index in [1.165, 1.54) is 12.1 Å². The first-order valence-electron chi connectivity index (χ1n) is 9.31. The smallest absolute Gasteiger partial charge is 0.341 e. The first-order chi connectivity index (χ1) is 13.9. The van der Waals surface area contributed by atoms with E-state index in [2.05, 4.69) is 5.32 Å². The average Bonchev–Trinajstić information content (AvgIpc) is 3.04. The summed E-state index contributed by atoms with van der Waals surface area (Å²) in [5, 5.41) is 12.7. The van der Waals surface area contributed by atoms with Crippen molar-refractivity contribution < 1.29 is 28.6 Å². The number of rotatable bonds is 8. The van der Waals surface area contributed by atoms with Crippen LogP contribution in [-0.4, -0.2) is 30.2 Å². The van der Waals surface area contributed by atoms with Crippen LogP contribution in [-0.2, 0) is 4.79 Å². The van der Waals surface area contributed by atoms with E-state index in [9.17, 15) is 9.59 Å². The fourth-order valence-corrected chi connectivity index (χ4v) is 3.13. The van der Waals surface area contributed by atoms with Gasteiger partial charge in [0, 0.05) is 16.5 Å². The lowest BCUT2D eigenvalue weighted by Gasteiger charge is -2.15. The number of nitrogens with one attached hydrogen (secondary N) is 1. The lowest BCUT2D eigenvalue weighted by atomic mass is 10.1. The van der Waals surface area contributed by atoms with Crippen LogP contribution in [0, 0.1) is 6.92 Å². The minimum atomic E-state index is -1.09. The van der Waals surface area contributed by atoms with Crippen molar-refractivity contribution in [1.29, 1.82) is 0 Å². The molecule has 2 N–H and O–H groups in total. The number of hydrogen-bond acceptors (Lipinski definition) is 5. The Kier molecular flexibility index (Phi) is 6.07. The highest BCUT2D eigenvalue weighted by molar-refractivity contribution is 5.95. The Morgan fingerprint density at radius 2 is 1.90 bits per heavy atom. The third kappa shape index (κ3) is 4.51. The fourth-order valence-electron chi connectivity index (χ4n) is 3.13. The van der Waals surface area contributed by atoms with Gasteiger partial charge in [0.1, 0.15) is 11.3 Å². The molecule has 0 aliphatic carbocycles. The summed E-state index contributed by atoms with van der Waals surface area (Å²) < 4.78 is 16.6. The summed E-state index contributed by atoms with van der Waals surface area (Å²) in [4.78, 5) is 23.5. The monoisotopic (exact) mass is 397 g/mol. The maximum absolute atomic E-state index is 12.7. The van der Waals surface area contributed by atoms with E-state index in [1.807, 2.05) is 38.1 Å². The predicted molar refractivity (Wildman–Crippen MR) is 108 cm³/mol. The van der Waals surface area contributed by atoms with Crippen molar-refractivity contribution in [3.63, 3.8) is 0 Å². The van der Waals surface area contributed by atoms with Crippen LogP contribution in [0.3, 0.4) is 0 Å². The zero-order valence-electron chi connectivity index (χ0n) is 16.5. The van der Waals surface area contributed by atoms with Gasteiger partial charge in [0.05, 0.1) is 12.6 Å². The van der Waals surface area contributed by atoms with Gasteiger partial charge in [-0.2, -0.15) is 0 Å². The van der Waals surface area contributed by atoms with Crippen LogP contribution in [0.5, 0.6) is 11.5 Å². The summed E-state index contributed by atoms with van der Waals surface area (Å²) in [5.74, 6) is -0.112. The van der Waals surface area contributed by atoms with Gasteiger partial charge in [-0.1, -0.05) is 18.2 Å². The molecule has 0 bridgehead atoms. The second kappa shape index (κ2) is 8.68. The molecule has 0 saturated heterocycles. The maximum atomic E-state index is 12.7. The van der Waals surface area contributed by atoms with E-state index in [0.717, 1.165) is 16.5 Å². The highest BCUT2D eigenvalue weighted by Crippen LogP contribution is 2.31. The molecule has 0 fully saturated rings. The molecule has 2 aromatic carbocycles. The lowest BCUT2D eigenvalue weighted by molar-refractivity contribution is -0.139. The quantitative estimate of drug-likeness (QED) is 0.594. The molecule has 0 spiro atoms. The number of carbonyl (C=O) groups is 2. The van der Waals surface area contributed by atoms with Gasteiger partial charge in [0.15, 0.2) is 18.1 Å². The summed E-state index contributed by atoms with van der Waals surface area (Å²) >= 11 is 0. The number of aliphatic carboxylic acids is 1. The third-order valence-electron chi connectivity index (χ3n) is 4.48. The first kappa shape index (κ1) is 20.3. The number of carbonyl (C=O) groups excluding carboxylic acids is 1. The molecule has 0 aliphatic heterocycles. The predicted octanol–water partition coefficient (Wildman–Crippen LogP) is 4.09. The largest absolute Gasteiger partial charge is 0.490 e. The summed E-state index contributed by atoms with van der Waals surface area (Å²) in [5.41, 5.74) is 2.14. The molecule has 0 radical (unpaired) electrons. The van der Waals surface area contributed by atoms with Gasteiger partial charge in [0.25, 0.3) is 5.91 Å². The maximum Gasteiger partial charge on any atom is 0.341 e. The van der Waals surface area contributed by atoms with Gasteiger partial charge in [-0.05, 0) is 45.0 Å². The van der Waals surface area contributed by atoms with E-state index in [4.69, 9.17) is 19.0 Å². The highest BCUT2D eigenvalue weighted by atomic mass is 16.5. The Balaban J connectivity index is 1.79. The van der Waals surface area contributed by atoms with Crippen LogP contribution in [0.1, 0.15) is 41.6 Å². The average molecular weight is 397 g/mol. The molecular weight excluding hydrogens is 374 g/mol. The van der Waals surface area contributed by atoms with Crippen LogP contribution in [0.15, 0.2) is 46.9 Å². The summed E-state index contributed by atoms with van der Waals surface area (Å²) in [6, 6.07) is 12.0. The van der Waals surface area contributed by atoms with Gasteiger partial charge in [-0.25, -0.2) is 4.79 Å². The summed E-state index contributed by atoms with van der Waals surface area (Å²) in [7, 11) is 0. The van der Waals surface area contributed by atoms with Crippen LogP contribution in [0.25, 0.3) is 11.0 Å². The molecule has 1 atom stereocenters. The number of ether oxygens (including phenoxy) is 2. The number of carboxylic acids is 1. The minimum absolute atomic E-state index is 0.270. The molecule has 0 saturated carbocycles. The number of para-hydroxylation sites is 1. The molecule has 3 rings (SSSR count). The van der Waals surface area contributed by atoms with Crippen LogP contribution in [0.4, 0.5) is 0 Å². The number of aryl methyl sites for hydroxylation is 1. The van der Waals surface area contributed by atoms with Crippen molar-refractivity contribution in [2.24, 2.45) is 0 Å². The van der Waals surface area contributed by atoms with Gasteiger partial charge in [-0.15, -0.1) is 0 Å². The van der Waals surface area contributed by atoms with Crippen LogP contribution < -0.4 is 14.8 Å². The van der Waals surface area contributed by atoms with Crippen molar-refractivity contribution in [3.05, 3.63) is 59.4 Å². The van der Waals surface area contributed by atoms with Crippen molar-refractivity contribution in [2.45, 2.75) is 26.8 Å². The van der Waals surface area contributed by atoms with E-state index in [-0.39, 0.29) is 17.7 Å². The van der Waals surface area contributed by atoms with E-state index in [1.54, 1.807) is 13.0 Å². The zero-order chi connectivity index (χ0) is 21.0. The summed E-state index contributed by atoms with van der Waals surface area (Å²) in [6.45, 7) is 5.47. The molecular formula is C22H23NO6. The molecule has 7 nitrogen and oxygen atoms in total. The SMILES string of the molecule is CCOc1cc(C(=O)N[C@@H](C)c2oc3ccccc3c2C)ccc1OCC(=O)O. The van der Waals surface area contributed by atoms with E-state index < -0.39 is 12.6 Å². The van der Waals surface area contributed by atoms with Gasteiger partial charge < -0.3 is 24.3 Å². The number of carboxylic acid groups (broad SMARTS) is 1. The molecule has 7 heteroatoms. The van der Waals surface area contributed by atoms with Crippen LogP contribution in [0.2, 0.25) is 0 Å². The number of hydrogen-bond donors (Lipinski definition) is 2. The number of fused-ring (bicyclic) bond motifs is 1. The Labute approximate surface area is 168 Å². The zero-order valence-corrected chi connectivity index (χ0v) is 16.5. The van der Waals surface area contributed by atoms with Crippen molar-refractivity contribution in [3.8, 4) is 11.5 Å². The Bertz CT molecular complexity index is 1040. The molecule has 29 heavy (non-hydrogen) atoms. The van der Waals surface area contributed by atoms with E-state index >= 15 is 0 Å². The Morgan fingerprint density at radius 3 is 2.59 bits per heavy atom.